The Hall–Kier alpha value is -1.56. The van der Waals surface area contributed by atoms with E-state index in [1.807, 2.05) is 18.7 Å². The second-order valence-corrected chi connectivity index (χ2v) is 5.82. The van der Waals surface area contributed by atoms with Crippen molar-refractivity contribution in [3.05, 3.63) is 11.4 Å². The van der Waals surface area contributed by atoms with E-state index in [1.165, 1.54) is 0 Å². The molecule has 1 saturated heterocycles. The molecule has 6 heteroatoms. The molecule has 112 valence electrons. The lowest BCUT2D eigenvalue weighted by Gasteiger charge is -2.35. The number of likely N-dealkylation sites (tertiary alicyclic amines) is 1. The summed E-state index contributed by atoms with van der Waals surface area (Å²) < 4.78 is 1.71. The van der Waals surface area contributed by atoms with Crippen LogP contribution in [0.4, 0.5) is 5.69 Å². The first-order chi connectivity index (χ1) is 9.40. The molecule has 0 spiro atoms. The van der Waals surface area contributed by atoms with E-state index in [4.69, 9.17) is 5.73 Å². The summed E-state index contributed by atoms with van der Waals surface area (Å²) in [6.07, 6.45) is 2.08. The highest BCUT2D eigenvalue weighted by molar-refractivity contribution is 5.76. The number of hydrogen-bond acceptors (Lipinski definition) is 4. The van der Waals surface area contributed by atoms with Crippen LogP contribution in [0.2, 0.25) is 0 Å². The van der Waals surface area contributed by atoms with Crippen LogP contribution in [0.5, 0.6) is 0 Å². The molecule has 1 amide bonds. The van der Waals surface area contributed by atoms with Crippen LogP contribution in [0.25, 0.3) is 0 Å². The van der Waals surface area contributed by atoms with E-state index in [0.29, 0.717) is 11.7 Å². The summed E-state index contributed by atoms with van der Waals surface area (Å²) in [5.41, 5.74) is 8.25. The summed E-state index contributed by atoms with van der Waals surface area (Å²) in [6, 6.07) is 0.586. The third-order valence-electron chi connectivity index (χ3n) is 4.27. The number of nitrogen functional groups attached to an aromatic ring is 1. The van der Waals surface area contributed by atoms with Crippen LogP contribution < -0.4 is 5.73 Å². The van der Waals surface area contributed by atoms with Crippen LogP contribution >= 0.6 is 0 Å². The Bertz CT molecular complexity index is 486. The van der Waals surface area contributed by atoms with Crippen molar-refractivity contribution in [3.63, 3.8) is 0 Å². The van der Waals surface area contributed by atoms with Crippen molar-refractivity contribution in [1.82, 2.24) is 19.6 Å². The fourth-order valence-electron chi connectivity index (χ4n) is 2.72. The Morgan fingerprint density at radius 2 is 1.95 bits per heavy atom. The maximum atomic E-state index is 12.3. The van der Waals surface area contributed by atoms with Crippen molar-refractivity contribution in [3.8, 4) is 0 Å². The number of piperidine rings is 1. The van der Waals surface area contributed by atoms with Gasteiger partial charge < -0.3 is 15.5 Å². The molecule has 20 heavy (non-hydrogen) atoms. The van der Waals surface area contributed by atoms with Gasteiger partial charge in [-0.1, -0.05) is 0 Å². The Morgan fingerprint density at radius 1 is 1.35 bits per heavy atom. The second-order valence-electron chi connectivity index (χ2n) is 5.82. The predicted octanol–water partition coefficient (Wildman–Crippen LogP) is 0.635. The highest BCUT2D eigenvalue weighted by atomic mass is 16.2. The van der Waals surface area contributed by atoms with Crippen molar-refractivity contribution in [2.24, 2.45) is 0 Å². The monoisotopic (exact) mass is 279 g/mol. The van der Waals surface area contributed by atoms with Crippen molar-refractivity contribution in [1.29, 1.82) is 0 Å². The smallest absolute Gasteiger partial charge is 0.244 e. The molecule has 1 aliphatic heterocycles. The zero-order chi connectivity index (χ0) is 14.9. The van der Waals surface area contributed by atoms with Gasteiger partial charge in [-0.25, -0.2) is 0 Å². The van der Waals surface area contributed by atoms with E-state index in [9.17, 15) is 4.79 Å². The number of nitrogens with two attached hydrogens (primary N) is 1. The molecule has 2 rings (SSSR count). The van der Waals surface area contributed by atoms with E-state index < -0.39 is 0 Å². The highest BCUT2D eigenvalue weighted by Crippen LogP contribution is 2.17. The van der Waals surface area contributed by atoms with E-state index >= 15 is 0 Å². The number of rotatable bonds is 3. The lowest BCUT2D eigenvalue weighted by atomic mass is 10.0. The van der Waals surface area contributed by atoms with Crippen LogP contribution in [0.3, 0.4) is 0 Å². The molecule has 1 fully saturated rings. The van der Waals surface area contributed by atoms with Gasteiger partial charge in [0.05, 0.1) is 17.1 Å². The van der Waals surface area contributed by atoms with E-state index in [0.717, 1.165) is 37.3 Å². The summed E-state index contributed by atoms with van der Waals surface area (Å²) in [6.45, 7) is 5.72. The van der Waals surface area contributed by atoms with Crippen molar-refractivity contribution in [2.45, 2.75) is 39.3 Å². The van der Waals surface area contributed by atoms with Gasteiger partial charge in [0.1, 0.15) is 6.54 Å². The Morgan fingerprint density at radius 3 is 2.40 bits per heavy atom. The van der Waals surface area contributed by atoms with Gasteiger partial charge in [0, 0.05) is 19.1 Å². The summed E-state index contributed by atoms with van der Waals surface area (Å²) >= 11 is 0. The molecule has 0 bridgehead atoms. The van der Waals surface area contributed by atoms with Crippen LogP contribution in [-0.4, -0.2) is 58.7 Å². The van der Waals surface area contributed by atoms with Gasteiger partial charge in [-0.2, -0.15) is 5.10 Å². The van der Waals surface area contributed by atoms with Gasteiger partial charge in [-0.15, -0.1) is 0 Å². The van der Waals surface area contributed by atoms with Crippen LogP contribution in [0.1, 0.15) is 24.2 Å². The fraction of sp³-hybridized carbons (Fsp3) is 0.714. The maximum Gasteiger partial charge on any atom is 0.244 e. The number of amides is 1. The van der Waals surface area contributed by atoms with E-state index in [2.05, 4.69) is 24.1 Å². The summed E-state index contributed by atoms with van der Waals surface area (Å²) in [5, 5.41) is 4.32. The summed E-state index contributed by atoms with van der Waals surface area (Å²) in [5.74, 6) is 0.132. The van der Waals surface area contributed by atoms with E-state index in [-0.39, 0.29) is 12.5 Å². The third-order valence-corrected chi connectivity index (χ3v) is 4.27. The molecule has 0 aromatic carbocycles. The summed E-state index contributed by atoms with van der Waals surface area (Å²) in [7, 11) is 4.20. The number of nitrogens with zero attached hydrogens (tertiary/aromatic N) is 4. The molecule has 1 aromatic heterocycles. The third kappa shape index (κ3) is 2.95. The van der Waals surface area contributed by atoms with Crippen molar-refractivity contribution >= 4 is 11.6 Å². The normalized spacial score (nSPS) is 16.9. The molecule has 1 aliphatic rings. The van der Waals surface area contributed by atoms with Gasteiger partial charge in [-0.05, 0) is 40.8 Å². The van der Waals surface area contributed by atoms with Crippen LogP contribution in [0, 0.1) is 13.8 Å². The molecule has 0 radical (unpaired) electrons. The molecule has 2 heterocycles. The van der Waals surface area contributed by atoms with Crippen molar-refractivity contribution < 1.29 is 4.79 Å². The lowest BCUT2D eigenvalue weighted by molar-refractivity contribution is -0.133. The Labute approximate surface area is 120 Å². The first kappa shape index (κ1) is 14.8. The van der Waals surface area contributed by atoms with Crippen molar-refractivity contribution in [2.75, 3.05) is 32.9 Å². The van der Waals surface area contributed by atoms with Gasteiger partial charge in [0.2, 0.25) is 5.91 Å². The number of carbonyl (C=O) groups is 1. The maximum absolute atomic E-state index is 12.3. The standard InChI is InChI=1S/C14H25N5O/c1-10-14(15)11(2)19(16-10)9-13(20)18-7-5-12(6-8-18)17(3)4/h12H,5-9,15H2,1-4H3. The van der Waals surface area contributed by atoms with E-state index in [1.54, 1.807) is 4.68 Å². The molecule has 0 saturated carbocycles. The van der Waals surface area contributed by atoms with Gasteiger partial charge in [0.25, 0.3) is 0 Å². The average Bonchev–Trinajstić information content (AvgIpc) is 2.66. The number of carbonyl (C=O) groups excluding carboxylic acids is 1. The first-order valence-corrected chi connectivity index (χ1v) is 7.13. The molecule has 0 unspecified atom stereocenters. The Balaban J connectivity index is 1.94. The minimum Gasteiger partial charge on any atom is -0.396 e. The predicted molar refractivity (Wildman–Crippen MR) is 79.4 cm³/mol. The molecule has 0 aliphatic carbocycles. The molecular weight excluding hydrogens is 254 g/mol. The quantitative estimate of drug-likeness (QED) is 0.881. The van der Waals surface area contributed by atoms with Crippen LogP contribution in [0.15, 0.2) is 0 Å². The minimum atomic E-state index is 0.132. The zero-order valence-electron chi connectivity index (χ0n) is 12.9. The average molecular weight is 279 g/mol. The first-order valence-electron chi connectivity index (χ1n) is 7.13. The summed E-state index contributed by atoms with van der Waals surface area (Å²) in [4.78, 5) is 16.5. The SMILES string of the molecule is Cc1nn(CC(=O)N2CCC(N(C)C)CC2)c(C)c1N. The van der Waals surface area contributed by atoms with Gasteiger partial charge in [0.15, 0.2) is 0 Å². The number of aromatic nitrogens is 2. The van der Waals surface area contributed by atoms with Gasteiger partial charge in [-0.3, -0.25) is 9.48 Å². The van der Waals surface area contributed by atoms with Gasteiger partial charge >= 0.3 is 0 Å². The topological polar surface area (TPSA) is 67.4 Å². The number of aryl methyl sites for hydroxylation is 1. The molecule has 1 aromatic rings. The fourth-order valence-corrected chi connectivity index (χ4v) is 2.72. The largest absolute Gasteiger partial charge is 0.396 e. The minimum absolute atomic E-state index is 0.132. The molecule has 0 atom stereocenters. The molecular formula is C14H25N5O. The second kappa shape index (κ2) is 5.83. The van der Waals surface area contributed by atoms with Crippen LogP contribution in [-0.2, 0) is 11.3 Å². The Kier molecular flexibility index (Phi) is 4.32. The number of anilines is 1. The molecule has 6 nitrogen and oxygen atoms in total. The highest BCUT2D eigenvalue weighted by Gasteiger charge is 2.24. The molecule has 2 N–H and O–H groups in total. The number of hydrogen-bond donors (Lipinski definition) is 1. The lowest BCUT2D eigenvalue weighted by Crippen LogP contribution is -2.45. The zero-order valence-corrected chi connectivity index (χ0v) is 12.9.